The largest absolute Gasteiger partial charge is 0.462 e. The van der Waals surface area contributed by atoms with Crippen LogP contribution in [0.4, 0.5) is 0 Å². The van der Waals surface area contributed by atoms with E-state index in [9.17, 15) is 14.7 Å². The molecule has 0 aromatic heterocycles. The lowest BCUT2D eigenvalue weighted by atomic mass is 10.0. The Hall–Kier alpha value is -1.36. The van der Waals surface area contributed by atoms with Crippen molar-refractivity contribution in [1.29, 1.82) is 0 Å². The predicted octanol–water partition coefficient (Wildman–Crippen LogP) is 20.3. The average Bonchev–Trinajstić information content (AvgIpc) is 3.32. The fraction of sp³-hybridized carbons (Fsp3) is 0.934. The zero-order chi connectivity index (χ0) is 47.7. The van der Waals surface area contributed by atoms with Gasteiger partial charge in [-0.2, -0.15) is 0 Å². The van der Waals surface area contributed by atoms with Crippen LogP contribution in [0.1, 0.15) is 348 Å². The van der Waals surface area contributed by atoms with Crippen LogP contribution >= 0.6 is 0 Å². The summed E-state index contributed by atoms with van der Waals surface area (Å²) in [6, 6.07) is 0. The van der Waals surface area contributed by atoms with Gasteiger partial charge in [0, 0.05) is 12.8 Å². The average molecular weight is 932 g/mol. The number of unbranched alkanes of at least 4 members (excludes halogenated alkanes) is 47. The maximum atomic E-state index is 12.3. The van der Waals surface area contributed by atoms with Gasteiger partial charge in [-0.3, -0.25) is 9.59 Å². The number of hydrogen-bond donors (Lipinski definition) is 1. The maximum Gasteiger partial charge on any atom is 0.306 e. The van der Waals surface area contributed by atoms with Crippen molar-refractivity contribution < 1.29 is 24.2 Å². The molecule has 1 unspecified atom stereocenters. The quantitative estimate of drug-likeness (QED) is 0.0374. The second-order valence-electron chi connectivity index (χ2n) is 20.8. The fourth-order valence-corrected chi connectivity index (χ4v) is 9.50. The van der Waals surface area contributed by atoms with Crippen molar-refractivity contribution in [3.63, 3.8) is 0 Å². The highest BCUT2D eigenvalue weighted by molar-refractivity contribution is 5.70. The molecule has 0 rings (SSSR count). The molecule has 1 N–H and O–H groups in total. The Bertz CT molecular complexity index is 963. The van der Waals surface area contributed by atoms with Gasteiger partial charge in [-0.05, 0) is 38.5 Å². The summed E-state index contributed by atoms with van der Waals surface area (Å²) in [7, 11) is 0. The minimum Gasteiger partial charge on any atom is -0.462 e. The molecule has 0 saturated heterocycles. The lowest BCUT2D eigenvalue weighted by Gasteiger charge is -2.15. The molecule has 0 fully saturated rings. The first-order valence-corrected chi connectivity index (χ1v) is 30.2. The van der Waals surface area contributed by atoms with Crippen LogP contribution in [0.25, 0.3) is 0 Å². The molecule has 0 aromatic rings. The summed E-state index contributed by atoms with van der Waals surface area (Å²) >= 11 is 0. The number of esters is 2. The second kappa shape index (κ2) is 58.0. The molecule has 5 nitrogen and oxygen atoms in total. The number of aliphatic hydroxyl groups excluding tert-OH is 1. The van der Waals surface area contributed by atoms with Crippen molar-refractivity contribution in [3.8, 4) is 0 Å². The third kappa shape index (κ3) is 55.2. The molecule has 0 aliphatic heterocycles. The van der Waals surface area contributed by atoms with E-state index in [-0.39, 0.29) is 25.2 Å². The summed E-state index contributed by atoms with van der Waals surface area (Å²) < 4.78 is 10.7. The smallest absolute Gasteiger partial charge is 0.306 e. The number of hydrogen-bond acceptors (Lipinski definition) is 5. The van der Waals surface area contributed by atoms with Gasteiger partial charge in [-0.1, -0.05) is 309 Å². The van der Waals surface area contributed by atoms with Crippen LogP contribution in [0, 0.1) is 0 Å². The monoisotopic (exact) mass is 931 g/mol. The number of ether oxygens (including phenoxy) is 2. The molecule has 66 heavy (non-hydrogen) atoms. The third-order valence-corrected chi connectivity index (χ3v) is 14.1. The van der Waals surface area contributed by atoms with Gasteiger partial charge < -0.3 is 14.6 Å². The van der Waals surface area contributed by atoms with E-state index in [1.165, 1.54) is 289 Å². The minimum absolute atomic E-state index is 0.0569. The van der Waals surface area contributed by atoms with Gasteiger partial charge in [0.15, 0.2) is 6.10 Å². The number of carbonyl (C=O) groups is 2. The lowest BCUT2D eigenvalue weighted by Crippen LogP contribution is -2.28. The van der Waals surface area contributed by atoms with Gasteiger partial charge in [0.05, 0.1) is 6.61 Å². The number of aliphatic hydroxyl groups is 1. The van der Waals surface area contributed by atoms with Crippen molar-refractivity contribution in [1.82, 2.24) is 0 Å². The maximum absolute atomic E-state index is 12.3. The van der Waals surface area contributed by atoms with Gasteiger partial charge in [-0.25, -0.2) is 0 Å². The first-order valence-electron chi connectivity index (χ1n) is 30.2. The molecule has 0 aliphatic rings. The molecule has 0 aromatic carbocycles. The van der Waals surface area contributed by atoms with E-state index < -0.39 is 6.10 Å². The third-order valence-electron chi connectivity index (χ3n) is 14.1. The number of rotatable bonds is 57. The summed E-state index contributed by atoms with van der Waals surface area (Å²) in [5, 5.41) is 9.66. The number of allylic oxidation sites excluding steroid dienone is 2. The summed E-state index contributed by atoms with van der Waals surface area (Å²) in [4.78, 5) is 24.5. The van der Waals surface area contributed by atoms with Crippen LogP contribution in [0.5, 0.6) is 0 Å². The Balaban J connectivity index is 3.38. The highest BCUT2D eigenvalue weighted by atomic mass is 16.6. The molecular weight excluding hydrogens is 813 g/mol. The summed E-state index contributed by atoms with van der Waals surface area (Å²) in [6.45, 7) is 4.20. The highest BCUT2D eigenvalue weighted by Crippen LogP contribution is 2.18. The lowest BCUT2D eigenvalue weighted by molar-refractivity contribution is -0.161. The van der Waals surface area contributed by atoms with E-state index in [1.807, 2.05) is 0 Å². The Morgan fingerprint density at radius 3 is 0.818 bits per heavy atom. The molecule has 1 atom stereocenters. The summed E-state index contributed by atoms with van der Waals surface area (Å²) in [5.74, 6) is -0.565. The molecule has 0 aliphatic carbocycles. The Kier molecular flexibility index (Phi) is 56.8. The topological polar surface area (TPSA) is 72.8 Å². The zero-order valence-corrected chi connectivity index (χ0v) is 45.0. The van der Waals surface area contributed by atoms with Gasteiger partial charge in [0.2, 0.25) is 0 Å². The van der Waals surface area contributed by atoms with Crippen LogP contribution in [0.3, 0.4) is 0 Å². The van der Waals surface area contributed by atoms with E-state index in [4.69, 9.17) is 9.47 Å². The second-order valence-corrected chi connectivity index (χ2v) is 20.8. The normalized spacial score (nSPS) is 12.1. The van der Waals surface area contributed by atoms with Crippen molar-refractivity contribution in [2.45, 2.75) is 354 Å². The first kappa shape index (κ1) is 64.6. The van der Waals surface area contributed by atoms with Crippen LogP contribution in [0.15, 0.2) is 12.2 Å². The molecule has 0 amide bonds. The Labute approximate surface area is 413 Å². The van der Waals surface area contributed by atoms with E-state index in [0.29, 0.717) is 12.8 Å². The highest BCUT2D eigenvalue weighted by Gasteiger charge is 2.16. The minimum atomic E-state index is -0.765. The molecular formula is C61H118O5. The van der Waals surface area contributed by atoms with Gasteiger partial charge >= 0.3 is 11.9 Å². The molecule has 0 saturated carbocycles. The summed E-state index contributed by atoms with van der Waals surface area (Å²) in [6.07, 6.45) is 72.1. The van der Waals surface area contributed by atoms with E-state index in [1.54, 1.807) is 0 Å². The van der Waals surface area contributed by atoms with Crippen molar-refractivity contribution >= 4 is 11.9 Å². The summed E-state index contributed by atoms with van der Waals surface area (Å²) in [5.41, 5.74) is 0. The van der Waals surface area contributed by atoms with Crippen LogP contribution in [-0.4, -0.2) is 36.4 Å². The standard InChI is InChI=1S/C61H118O5/c1-3-5-7-9-11-13-15-17-19-21-23-24-25-26-27-28-29-30-31-32-33-34-35-36-38-40-42-44-46-48-50-52-54-56-61(64)66-59(57-62)58-65-60(63)55-53-51-49-47-45-43-41-39-37-22-20-18-16-14-12-10-8-6-4-2/h21,23,59,62H,3-20,22,24-58H2,1-2H3/b23-21-. The molecule has 0 heterocycles. The van der Waals surface area contributed by atoms with Gasteiger partial charge in [0.25, 0.3) is 0 Å². The molecule has 0 radical (unpaired) electrons. The fourth-order valence-electron chi connectivity index (χ4n) is 9.50. The van der Waals surface area contributed by atoms with Gasteiger partial charge in [-0.15, -0.1) is 0 Å². The van der Waals surface area contributed by atoms with Gasteiger partial charge in [0.1, 0.15) is 6.61 Å². The SMILES string of the molecule is CCCCCCCCCC/C=C\CCCCCCCCCCCCCCCCCCCCCCCC(=O)OC(CO)COC(=O)CCCCCCCCCCCCCCCCCCCCC. The molecule has 392 valence electrons. The Morgan fingerprint density at radius 1 is 0.333 bits per heavy atom. The first-order chi connectivity index (χ1) is 32.6. The van der Waals surface area contributed by atoms with E-state index in [2.05, 4.69) is 26.0 Å². The van der Waals surface area contributed by atoms with Crippen molar-refractivity contribution in [3.05, 3.63) is 12.2 Å². The van der Waals surface area contributed by atoms with Crippen LogP contribution < -0.4 is 0 Å². The van der Waals surface area contributed by atoms with Crippen molar-refractivity contribution in [2.24, 2.45) is 0 Å². The molecule has 0 spiro atoms. The van der Waals surface area contributed by atoms with Crippen molar-refractivity contribution in [2.75, 3.05) is 13.2 Å². The zero-order valence-electron chi connectivity index (χ0n) is 45.0. The van der Waals surface area contributed by atoms with Crippen LogP contribution in [0.2, 0.25) is 0 Å². The molecule has 0 bridgehead atoms. The van der Waals surface area contributed by atoms with E-state index >= 15 is 0 Å². The molecule has 5 heteroatoms. The Morgan fingerprint density at radius 2 is 0.561 bits per heavy atom. The van der Waals surface area contributed by atoms with E-state index in [0.717, 1.165) is 32.1 Å². The predicted molar refractivity (Wildman–Crippen MR) is 288 cm³/mol. The van der Waals surface area contributed by atoms with Crippen LogP contribution in [-0.2, 0) is 19.1 Å². The number of carbonyl (C=O) groups excluding carboxylic acids is 2.